The minimum atomic E-state index is -0.457. The van der Waals surface area contributed by atoms with Gasteiger partial charge in [-0.15, -0.1) is 0 Å². The smallest absolute Gasteiger partial charge is 0.328 e. The van der Waals surface area contributed by atoms with Crippen LogP contribution in [0.5, 0.6) is 0 Å². The van der Waals surface area contributed by atoms with Crippen molar-refractivity contribution in [3.8, 4) is 18.2 Å². The van der Waals surface area contributed by atoms with Gasteiger partial charge >= 0.3 is 18.1 Å². The Bertz CT molecular complexity index is 4440. The first-order valence-electron chi connectivity index (χ1n) is 39.8. The number of ether oxygens (including phenoxy) is 6. The molecule has 0 radical (unpaired) electrons. The summed E-state index contributed by atoms with van der Waals surface area (Å²) >= 11 is 0. The summed E-state index contributed by atoms with van der Waals surface area (Å²) in [6.45, 7) is 3.75. The van der Waals surface area contributed by atoms with Gasteiger partial charge in [0, 0.05) is 156 Å². The van der Waals surface area contributed by atoms with Crippen molar-refractivity contribution in [1.29, 1.82) is 15.8 Å². The molecule has 33 nitrogen and oxygen atoms in total. The van der Waals surface area contributed by atoms with Crippen LogP contribution < -0.4 is 30.7 Å². The number of aldehydes is 3. The van der Waals surface area contributed by atoms with Gasteiger partial charge in [0.05, 0.1) is 35.0 Å². The number of methoxy groups -OCH3 is 6. The Kier molecular flexibility index (Phi) is 27.0. The Labute approximate surface area is 677 Å². The molecule has 6 fully saturated rings. The van der Waals surface area contributed by atoms with Gasteiger partial charge < -0.3 is 43.1 Å². The molecule has 6 aliphatic heterocycles. The van der Waals surface area contributed by atoms with E-state index in [0.29, 0.717) is 202 Å². The summed E-state index contributed by atoms with van der Waals surface area (Å²) in [5.41, 5.74) is 9.02. The minimum Gasteiger partial charge on any atom is -0.381 e. The van der Waals surface area contributed by atoms with E-state index in [9.17, 15) is 58.9 Å². The number of nitrogens with zero attached hydrogens (tertiary/aromatic N) is 15. The van der Waals surface area contributed by atoms with Gasteiger partial charge in [-0.3, -0.25) is 59.4 Å². The van der Waals surface area contributed by atoms with Gasteiger partial charge in [-0.05, 0) is 184 Å². The molecule has 3 aliphatic carbocycles. The van der Waals surface area contributed by atoms with Crippen molar-refractivity contribution in [3.05, 3.63) is 139 Å². The van der Waals surface area contributed by atoms with Gasteiger partial charge in [-0.25, -0.2) is 44.3 Å². The van der Waals surface area contributed by atoms with Crippen molar-refractivity contribution < 1.29 is 71.6 Å². The second kappa shape index (κ2) is 38.0. The lowest BCUT2D eigenvalue weighted by atomic mass is 9.77. The standard InChI is InChI=1S/3C28H32N6O5/c3*1-38-23-6-5-17(23)10-19-12-25(30-14-21(19)13-29)32-28(37)34-8-3-4-18-11-20(22(16-35)31-26(18)34)15-33-9-7-24(39-2)27(33)36/h3*11-12,14,16-17,23-24H,3-10,15H2,1-2H3,(H,30,32,37)/t2*17-,23-,24?;17-,23-,24+/m100/s1. The molecule has 12 heterocycles. The molecule has 0 spiro atoms. The molecule has 9 amide bonds. The highest BCUT2D eigenvalue weighted by atomic mass is 16.5. The average molecular weight is 1600 g/mol. The van der Waals surface area contributed by atoms with E-state index >= 15 is 0 Å². The molecule has 612 valence electrons. The van der Waals surface area contributed by atoms with Crippen LogP contribution in [0.25, 0.3) is 0 Å². The summed E-state index contributed by atoms with van der Waals surface area (Å²) in [5, 5.41) is 37.2. The van der Waals surface area contributed by atoms with Crippen LogP contribution in [0.2, 0.25) is 0 Å². The number of nitrogens with one attached hydrogen (secondary N) is 3. The van der Waals surface area contributed by atoms with E-state index in [2.05, 4.69) is 64.1 Å². The van der Waals surface area contributed by atoms with Crippen LogP contribution >= 0.6 is 0 Å². The minimum absolute atomic E-state index is 0.0996. The van der Waals surface area contributed by atoms with Crippen LogP contribution in [-0.4, -0.2) is 218 Å². The molecule has 117 heavy (non-hydrogen) atoms. The number of likely N-dealkylation sites (tertiary alicyclic amines) is 3. The topological polar surface area (TPSA) is 413 Å². The van der Waals surface area contributed by atoms with Crippen molar-refractivity contribution in [2.24, 2.45) is 17.8 Å². The number of amides is 9. The molecule has 9 atom stereocenters. The average Bonchev–Trinajstić information content (AvgIpc) is 1.18. The number of hydrogen-bond acceptors (Lipinski definition) is 24. The van der Waals surface area contributed by atoms with Gasteiger partial charge in [0.25, 0.3) is 17.7 Å². The normalized spacial score (nSPS) is 22.2. The van der Waals surface area contributed by atoms with E-state index in [1.54, 1.807) is 54.2 Å². The first-order valence-corrected chi connectivity index (χ1v) is 39.8. The summed E-state index contributed by atoms with van der Waals surface area (Å²) in [4.78, 5) is 150. The molecule has 6 aromatic heterocycles. The zero-order chi connectivity index (χ0) is 82.6. The number of hydrogen-bond donors (Lipinski definition) is 3. The van der Waals surface area contributed by atoms with Crippen molar-refractivity contribution in [1.82, 2.24) is 44.6 Å². The molecule has 2 unspecified atom stereocenters. The maximum Gasteiger partial charge on any atom is 0.328 e. The molecule has 6 aromatic rings. The summed E-state index contributed by atoms with van der Waals surface area (Å²) in [6.07, 6.45) is 19.9. The quantitative estimate of drug-likeness (QED) is 0.0477. The fourth-order valence-electron chi connectivity index (χ4n) is 17.0. The lowest BCUT2D eigenvalue weighted by Crippen LogP contribution is -2.40. The SMILES string of the molecule is COC1CCN(Cc2cc3c(nc2C=O)N(C(=O)Nc2cc(C[C@@H]4CC[C@@H]4OC)c(C#N)cn2)CCC3)C1=O.COC1CCN(Cc2cc3c(nc2C=O)N(C(=O)Nc2cc(C[C@H]4CC[C@H]4OC)c(C#N)cn2)CCC3)C1=O.CO[C@H]1CC[C@H]1Cc1cc(NC(=O)N2CCCc3cc(CN4CC[C@@H](OC)C4=O)c(C=O)nc32)ncc1C#N. The predicted molar refractivity (Wildman–Crippen MR) is 424 cm³/mol. The Morgan fingerprint density at radius 2 is 0.684 bits per heavy atom. The number of pyridine rings is 6. The van der Waals surface area contributed by atoms with Crippen LogP contribution in [-0.2, 0) is 101 Å². The third kappa shape index (κ3) is 18.5. The second-order valence-corrected chi connectivity index (χ2v) is 30.7. The molecule has 33 heteroatoms. The van der Waals surface area contributed by atoms with E-state index in [-0.39, 0.29) is 72.7 Å². The number of aryl methyl sites for hydroxylation is 3. The molecule has 0 aromatic carbocycles. The number of urea groups is 3. The van der Waals surface area contributed by atoms with E-state index in [4.69, 9.17) is 28.4 Å². The number of aromatic nitrogens is 6. The Balaban J connectivity index is 0.000000152. The zero-order valence-electron chi connectivity index (χ0n) is 66.5. The largest absolute Gasteiger partial charge is 0.381 e. The summed E-state index contributed by atoms with van der Waals surface area (Å²) in [5.74, 6) is 3.03. The van der Waals surface area contributed by atoms with Crippen LogP contribution in [0.3, 0.4) is 0 Å². The van der Waals surface area contributed by atoms with Gasteiger partial charge in [0.15, 0.2) is 18.9 Å². The molecular weight excluding hydrogens is 1500 g/mol. The van der Waals surface area contributed by atoms with Crippen LogP contribution in [0.1, 0.15) is 175 Å². The van der Waals surface area contributed by atoms with Crippen molar-refractivity contribution in [2.45, 2.75) is 172 Å². The molecular formula is C84H96N18O15. The molecule has 3 saturated heterocycles. The third-order valence-electron chi connectivity index (χ3n) is 24.0. The highest BCUT2D eigenvalue weighted by Crippen LogP contribution is 2.39. The molecule has 0 bridgehead atoms. The van der Waals surface area contributed by atoms with Crippen molar-refractivity contribution in [3.63, 3.8) is 0 Å². The molecule has 15 rings (SSSR count). The number of carbonyl (C=O) groups excluding carboxylic acids is 9. The summed E-state index contributed by atoms with van der Waals surface area (Å²) in [6, 6.07) is 16.2. The van der Waals surface area contributed by atoms with Crippen molar-refractivity contribution >= 4 is 89.6 Å². The first-order chi connectivity index (χ1) is 56.8. The Morgan fingerprint density at radius 1 is 0.402 bits per heavy atom. The van der Waals surface area contributed by atoms with Gasteiger partial charge in [-0.2, -0.15) is 15.8 Å². The number of carbonyl (C=O) groups is 9. The number of nitriles is 3. The lowest BCUT2D eigenvalue weighted by Gasteiger charge is -2.35. The Morgan fingerprint density at radius 3 is 0.906 bits per heavy atom. The van der Waals surface area contributed by atoms with Gasteiger partial charge in [0.2, 0.25) is 0 Å². The number of rotatable bonds is 24. The second-order valence-electron chi connectivity index (χ2n) is 30.7. The predicted octanol–water partition coefficient (Wildman–Crippen LogP) is 8.58. The number of fused-ring (bicyclic) bond motifs is 3. The van der Waals surface area contributed by atoms with Crippen LogP contribution in [0.4, 0.5) is 49.3 Å². The zero-order valence-corrected chi connectivity index (χ0v) is 66.5. The number of anilines is 6. The van der Waals surface area contributed by atoms with Gasteiger partial charge in [-0.1, -0.05) is 0 Å². The highest BCUT2D eigenvalue weighted by molar-refractivity contribution is 6.04. The highest BCUT2D eigenvalue weighted by Gasteiger charge is 2.40. The van der Waals surface area contributed by atoms with Gasteiger partial charge in [0.1, 0.15) is 88.5 Å². The fraction of sp³-hybridized carbons (Fsp3) is 0.500. The molecule has 9 aliphatic rings. The van der Waals surface area contributed by atoms with E-state index in [1.165, 1.54) is 54.6 Å². The third-order valence-corrected chi connectivity index (χ3v) is 24.0. The summed E-state index contributed by atoms with van der Waals surface area (Å²) in [7, 11) is 9.65. The maximum absolute atomic E-state index is 13.4. The van der Waals surface area contributed by atoms with Crippen LogP contribution in [0.15, 0.2) is 55.0 Å². The maximum atomic E-state index is 13.4. The fourth-order valence-corrected chi connectivity index (χ4v) is 17.0. The monoisotopic (exact) mass is 1600 g/mol. The van der Waals surface area contributed by atoms with E-state index < -0.39 is 36.4 Å². The van der Waals surface area contributed by atoms with Crippen LogP contribution in [0, 0.1) is 51.7 Å². The molecule has 3 saturated carbocycles. The molecule has 3 N–H and O–H groups in total. The van der Waals surface area contributed by atoms with Crippen molar-refractivity contribution in [2.75, 3.05) is 113 Å². The lowest BCUT2D eigenvalue weighted by molar-refractivity contribution is -0.137. The first kappa shape index (κ1) is 83.3. The summed E-state index contributed by atoms with van der Waals surface area (Å²) < 4.78 is 32.2. The Hall–Kier alpha value is -11.6. The van der Waals surface area contributed by atoms with E-state index in [0.717, 1.165) is 91.2 Å². The van der Waals surface area contributed by atoms with E-state index in [1.807, 2.05) is 18.2 Å².